The topological polar surface area (TPSA) is 52.5 Å². The van der Waals surface area contributed by atoms with Gasteiger partial charge in [-0.1, -0.05) is 24.8 Å². The molecule has 0 bridgehead atoms. The van der Waals surface area contributed by atoms with E-state index in [0.717, 1.165) is 36.1 Å². The highest BCUT2D eigenvalue weighted by Gasteiger charge is 2.33. The highest BCUT2D eigenvalue weighted by Crippen LogP contribution is 2.49. The molecule has 0 unspecified atom stereocenters. The summed E-state index contributed by atoms with van der Waals surface area (Å²) in [7, 11) is 1.64. The largest absolute Gasteiger partial charge is 0.496 e. The van der Waals surface area contributed by atoms with Crippen LogP contribution >= 0.6 is 0 Å². The van der Waals surface area contributed by atoms with Crippen molar-refractivity contribution >= 4 is 16.7 Å². The van der Waals surface area contributed by atoms with E-state index in [0.29, 0.717) is 17.1 Å². The van der Waals surface area contributed by atoms with Crippen molar-refractivity contribution in [3.63, 3.8) is 0 Å². The van der Waals surface area contributed by atoms with Gasteiger partial charge in [0, 0.05) is 41.8 Å². The first-order valence-corrected chi connectivity index (χ1v) is 8.64. The summed E-state index contributed by atoms with van der Waals surface area (Å²) >= 11 is 0. The summed E-state index contributed by atoms with van der Waals surface area (Å²) in [5, 5.41) is 4.58. The fourth-order valence-electron chi connectivity index (χ4n) is 4.05. The van der Waals surface area contributed by atoms with E-state index in [2.05, 4.69) is 34.7 Å². The Morgan fingerprint density at radius 1 is 1.19 bits per heavy atom. The zero-order valence-electron chi connectivity index (χ0n) is 14.5. The zero-order chi connectivity index (χ0) is 17.8. The first-order chi connectivity index (χ1) is 12.7. The van der Waals surface area contributed by atoms with Crippen LogP contribution in [0.25, 0.3) is 22.0 Å². The summed E-state index contributed by atoms with van der Waals surface area (Å²) in [5.74, 6) is 1.23. The summed E-state index contributed by atoms with van der Waals surface area (Å²) in [6, 6.07) is 11.9. The molecule has 0 saturated carbocycles. The van der Waals surface area contributed by atoms with E-state index in [4.69, 9.17) is 9.47 Å². The molecule has 0 atom stereocenters. The Labute approximate surface area is 150 Å². The van der Waals surface area contributed by atoms with E-state index in [9.17, 15) is 4.79 Å². The predicted molar refractivity (Wildman–Crippen MR) is 99.7 cm³/mol. The quantitative estimate of drug-likeness (QED) is 0.722. The number of aromatic nitrogens is 1. The average molecular weight is 346 g/mol. The minimum absolute atomic E-state index is 0.157. The van der Waals surface area contributed by atoms with Crippen LogP contribution in [0.1, 0.15) is 16.1 Å². The van der Waals surface area contributed by atoms with Crippen molar-refractivity contribution in [1.82, 2.24) is 9.88 Å². The van der Waals surface area contributed by atoms with E-state index >= 15 is 0 Å². The molecule has 0 saturated heterocycles. The maximum atomic E-state index is 12.4. The minimum atomic E-state index is -0.167. The van der Waals surface area contributed by atoms with Gasteiger partial charge in [0.15, 0.2) is 11.5 Å². The molecular formula is C21H18N2O3. The maximum absolute atomic E-state index is 12.4. The van der Waals surface area contributed by atoms with E-state index in [-0.39, 0.29) is 11.5 Å². The number of carbonyl (C=O) groups is 1. The van der Waals surface area contributed by atoms with Crippen LogP contribution in [0.2, 0.25) is 0 Å². The van der Waals surface area contributed by atoms with Gasteiger partial charge < -0.3 is 19.4 Å². The Hall–Kier alpha value is -3.05. The number of rotatable bonds is 2. The lowest BCUT2D eigenvalue weighted by atomic mass is 9.96. The predicted octanol–water partition coefficient (Wildman–Crippen LogP) is 3.51. The molecule has 2 aliphatic rings. The molecule has 2 aliphatic heterocycles. The maximum Gasteiger partial charge on any atom is 0.231 e. The number of Topliss-reactive ketones (excluding diaryl/α,β-unsaturated/α-hetero) is 1. The summed E-state index contributed by atoms with van der Waals surface area (Å²) in [6.45, 7) is 6.34. The van der Waals surface area contributed by atoms with Crippen LogP contribution in [0.15, 0.2) is 48.7 Å². The molecule has 1 N–H and O–H groups in total. The SMILES string of the molecule is C=C1Oc2c(ccc(OC)c2-c2c3n(c4ccccc24)CCNC3)C1=O. The number of methoxy groups -OCH3 is 1. The molecule has 0 amide bonds. The molecule has 26 heavy (non-hydrogen) atoms. The molecule has 2 aromatic carbocycles. The fraction of sp³-hybridized carbons (Fsp3) is 0.190. The molecule has 5 nitrogen and oxygen atoms in total. The first-order valence-electron chi connectivity index (χ1n) is 8.64. The van der Waals surface area contributed by atoms with Crippen LogP contribution in [0, 0.1) is 0 Å². The number of nitrogens with one attached hydrogen (secondary N) is 1. The third-order valence-electron chi connectivity index (χ3n) is 5.20. The normalized spacial score (nSPS) is 15.7. The van der Waals surface area contributed by atoms with Crippen LogP contribution in [-0.4, -0.2) is 24.0 Å². The van der Waals surface area contributed by atoms with Crippen LogP contribution in [0.5, 0.6) is 11.5 Å². The highest BCUT2D eigenvalue weighted by atomic mass is 16.5. The van der Waals surface area contributed by atoms with Gasteiger partial charge in [0.25, 0.3) is 0 Å². The Balaban J connectivity index is 1.91. The second-order valence-electron chi connectivity index (χ2n) is 6.54. The zero-order valence-corrected chi connectivity index (χ0v) is 14.5. The average Bonchev–Trinajstić information content (AvgIpc) is 3.16. The van der Waals surface area contributed by atoms with Crippen molar-refractivity contribution in [2.75, 3.05) is 13.7 Å². The Morgan fingerprint density at radius 3 is 2.88 bits per heavy atom. The van der Waals surface area contributed by atoms with Gasteiger partial charge in [-0.05, 0) is 18.2 Å². The van der Waals surface area contributed by atoms with Gasteiger partial charge in [-0.3, -0.25) is 4.79 Å². The van der Waals surface area contributed by atoms with Gasteiger partial charge in [-0.2, -0.15) is 0 Å². The van der Waals surface area contributed by atoms with Crippen molar-refractivity contribution in [2.45, 2.75) is 13.1 Å². The molecule has 0 radical (unpaired) electrons. The molecule has 0 spiro atoms. The van der Waals surface area contributed by atoms with Gasteiger partial charge in [0.2, 0.25) is 5.78 Å². The standard InChI is InChI=1S/C21H18N2O3/c1-12-20(24)14-7-8-17(25-2)19(21(14)26-12)18-13-5-3-4-6-15(13)23-10-9-22-11-16(18)23/h3-8,22H,1,9-11H2,2H3. The Morgan fingerprint density at radius 2 is 2.04 bits per heavy atom. The van der Waals surface area contributed by atoms with Gasteiger partial charge >= 0.3 is 0 Å². The Kier molecular flexibility index (Phi) is 3.21. The number of hydrogen-bond donors (Lipinski definition) is 1. The smallest absolute Gasteiger partial charge is 0.231 e. The second kappa shape index (κ2) is 5.47. The van der Waals surface area contributed by atoms with Crippen LogP contribution in [0.4, 0.5) is 0 Å². The number of benzene rings is 2. The van der Waals surface area contributed by atoms with E-state index in [1.165, 1.54) is 11.2 Å². The van der Waals surface area contributed by atoms with E-state index in [1.807, 2.05) is 12.1 Å². The molecule has 130 valence electrons. The minimum Gasteiger partial charge on any atom is -0.496 e. The summed E-state index contributed by atoms with van der Waals surface area (Å²) < 4.78 is 13.8. The van der Waals surface area contributed by atoms with Gasteiger partial charge in [0.05, 0.1) is 18.2 Å². The highest BCUT2D eigenvalue weighted by molar-refractivity contribution is 6.15. The summed E-state index contributed by atoms with van der Waals surface area (Å²) in [6.07, 6.45) is 0. The second-order valence-corrected chi connectivity index (χ2v) is 6.54. The number of allylic oxidation sites excluding steroid dienone is 1. The fourth-order valence-corrected chi connectivity index (χ4v) is 4.05. The molecule has 0 fully saturated rings. The summed E-state index contributed by atoms with van der Waals surface area (Å²) in [4.78, 5) is 12.4. The number of carbonyl (C=O) groups excluding carboxylic acids is 1. The van der Waals surface area contributed by atoms with E-state index in [1.54, 1.807) is 13.2 Å². The third kappa shape index (κ3) is 1.92. The van der Waals surface area contributed by atoms with Gasteiger partial charge in [0.1, 0.15) is 5.75 Å². The molecular weight excluding hydrogens is 328 g/mol. The van der Waals surface area contributed by atoms with E-state index < -0.39 is 0 Å². The lowest BCUT2D eigenvalue weighted by Crippen LogP contribution is -2.27. The van der Waals surface area contributed by atoms with Crippen LogP contribution in [0.3, 0.4) is 0 Å². The van der Waals surface area contributed by atoms with Crippen LogP contribution in [-0.2, 0) is 13.1 Å². The number of para-hydroxylation sites is 1. The number of ether oxygens (including phenoxy) is 2. The van der Waals surface area contributed by atoms with Gasteiger partial charge in [-0.15, -0.1) is 0 Å². The number of nitrogens with zero attached hydrogens (tertiary/aromatic N) is 1. The molecule has 5 heteroatoms. The van der Waals surface area contributed by atoms with Crippen molar-refractivity contribution in [3.05, 3.63) is 60.0 Å². The van der Waals surface area contributed by atoms with Crippen molar-refractivity contribution in [2.24, 2.45) is 0 Å². The molecule has 1 aromatic heterocycles. The molecule has 3 heterocycles. The van der Waals surface area contributed by atoms with Crippen molar-refractivity contribution < 1.29 is 14.3 Å². The summed E-state index contributed by atoms with van der Waals surface area (Å²) in [5.41, 5.74) is 4.78. The van der Waals surface area contributed by atoms with Crippen molar-refractivity contribution in [3.8, 4) is 22.6 Å². The number of ketones is 1. The number of fused-ring (bicyclic) bond motifs is 4. The third-order valence-corrected chi connectivity index (χ3v) is 5.20. The van der Waals surface area contributed by atoms with Crippen molar-refractivity contribution in [1.29, 1.82) is 0 Å². The Bertz CT molecular complexity index is 1090. The first kappa shape index (κ1) is 15.2. The lowest BCUT2D eigenvalue weighted by Gasteiger charge is -2.20. The molecule has 5 rings (SSSR count). The lowest BCUT2D eigenvalue weighted by molar-refractivity contribution is 0.101. The van der Waals surface area contributed by atoms with Gasteiger partial charge in [-0.25, -0.2) is 0 Å². The molecule has 3 aromatic rings. The van der Waals surface area contributed by atoms with Crippen LogP contribution < -0.4 is 14.8 Å². The molecule has 0 aliphatic carbocycles. The monoisotopic (exact) mass is 346 g/mol. The number of hydrogen-bond acceptors (Lipinski definition) is 4.